The van der Waals surface area contributed by atoms with Gasteiger partial charge in [-0.15, -0.1) is 17.9 Å². The predicted molar refractivity (Wildman–Crippen MR) is 88.4 cm³/mol. The highest BCUT2D eigenvalue weighted by molar-refractivity contribution is 7.11. The van der Waals surface area contributed by atoms with Crippen molar-refractivity contribution in [2.45, 2.75) is 0 Å². The Bertz CT molecular complexity index is 627. The van der Waals surface area contributed by atoms with Crippen LogP contribution in [0.4, 0.5) is 0 Å². The second-order valence-electron chi connectivity index (χ2n) is 4.31. The third kappa shape index (κ3) is 4.07. The normalized spacial score (nSPS) is 11.0. The average molecular weight is 299 g/mol. The minimum atomic E-state index is -0.104. The fourth-order valence-electron chi connectivity index (χ4n) is 1.81. The molecule has 0 radical (unpaired) electrons. The maximum absolute atomic E-state index is 12.3. The Balaban J connectivity index is 2.31. The molecule has 3 nitrogen and oxygen atoms in total. The number of carbonyl (C=O) groups is 1. The number of hydrogen-bond acceptors (Lipinski definition) is 3. The second-order valence-corrected chi connectivity index (χ2v) is 5.25. The number of amides is 1. The van der Waals surface area contributed by atoms with Crippen LogP contribution in [0.3, 0.4) is 0 Å². The highest BCUT2D eigenvalue weighted by Gasteiger charge is 2.12. The number of ether oxygens (including phenoxy) is 1. The predicted octanol–water partition coefficient (Wildman–Crippen LogP) is 3.60. The van der Waals surface area contributed by atoms with Gasteiger partial charge in [-0.2, -0.15) is 0 Å². The van der Waals surface area contributed by atoms with Gasteiger partial charge in [0.25, 0.3) is 5.91 Å². The fraction of sp³-hybridized carbons (Fsp3) is 0.118. The lowest BCUT2D eigenvalue weighted by atomic mass is 10.1. The SMILES string of the molecule is C=CCNC(=O)/C(=C\c1ccc(OC)cc1)c1cccs1. The van der Waals surface area contributed by atoms with E-state index in [4.69, 9.17) is 4.74 Å². The molecule has 0 aliphatic carbocycles. The Morgan fingerprint density at radius 3 is 2.67 bits per heavy atom. The van der Waals surface area contributed by atoms with Crippen LogP contribution >= 0.6 is 11.3 Å². The van der Waals surface area contributed by atoms with Crippen molar-refractivity contribution >= 4 is 28.9 Å². The Labute approximate surface area is 128 Å². The van der Waals surface area contributed by atoms with Crippen LogP contribution in [-0.4, -0.2) is 19.6 Å². The molecule has 0 unspecified atom stereocenters. The standard InChI is InChI=1S/C17H17NO2S/c1-3-10-18-17(19)15(16-5-4-11-21-16)12-13-6-8-14(20-2)9-7-13/h3-9,11-12H,1,10H2,2H3,(H,18,19)/b15-12-. The number of thiophene rings is 1. The van der Waals surface area contributed by atoms with Gasteiger partial charge in [-0.3, -0.25) is 4.79 Å². The first kappa shape index (κ1) is 15.1. The van der Waals surface area contributed by atoms with Gasteiger partial charge in [0, 0.05) is 11.4 Å². The number of rotatable bonds is 6. The molecule has 2 rings (SSSR count). The molecule has 1 heterocycles. The number of nitrogens with one attached hydrogen (secondary N) is 1. The fourth-order valence-corrected chi connectivity index (χ4v) is 2.55. The molecular formula is C17H17NO2S. The van der Waals surface area contributed by atoms with E-state index in [2.05, 4.69) is 11.9 Å². The molecule has 21 heavy (non-hydrogen) atoms. The zero-order valence-corrected chi connectivity index (χ0v) is 12.7. The van der Waals surface area contributed by atoms with Crippen LogP contribution < -0.4 is 10.1 Å². The van der Waals surface area contributed by atoms with Crippen molar-refractivity contribution in [3.05, 3.63) is 64.9 Å². The number of hydrogen-bond donors (Lipinski definition) is 1. The molecule has 0 saturated heterocycles. The number of carbonyl (C=O) groups excluding carboxylic acids is 1. The summed E-state index contributed by atoms with van der Waals surface area (Å²) in [4.78, 5) is 13.2. The summed E-state index contributed by atoms with van der Waals surface area (Å²) in [6.45, 7) is 4.06. The molecule has 1 amide bonds. The number of benzene rings is 1. The quantitative estimate of drug-likeness (QED) is 0.654. The zero-order valence-electron chi connectivity index (χ0n) is 11.8. The first-order valence-electron chi connectivity index (χ1n) is 6.53. The van der Waals surface area contributed by atoms with E-state index in [0.29, 0.717) is 12.1 Å². The summed E-state index contributed by atoms with van der Waals surface area (Å²) in [5.41, 5.74) is 1.60. The highest BCUT2D eigenvalue weighted by Crippen LogP contribution is 2.24. The van der Waals surface area contributed by atoms with E-state index in [-0.39, 0.29) is 5.91 Å². The molecule has 0 bridgehead atoms. The molecule has 108 valence electrons. The summed E-state index contributed by atoms with van der Waals surface area (Å²) < 4.78 is 5.14. The second kappa shape index (κ2) is 7.45. The first-order valence-corrected chi connectivity index (χ1v) is 7.41. The third-order valence-electron chi connectivity index (χ3n) is 2.87. The van der Waals surface area contributed by atoms with Crippen LogP contribution in [0.25, 0.3) is 11.6 Å². The molecule has 1 aromatic heterocycles. The van der Waals surface area contributed by atoms with Crippen molar-refractivity contribution < 1.29 is 9.53 Å². The summed E-state index contributed by atoms with van der Waals surface area (Å²) in [6.07, 6.45) is 3.54. The van der Waals surface area contributed by atoms with Gasteiger partial charge in [0.05, 0.1) is 12.7 Å². The molecule has 0 saturated carbocycles. The van der Waals surface area contributed by atoms with E-state index in [1.54, 1.807) is 24.5 Å². The van der Waals surface area contributed by atoms with Crippen LogP contribution in [0.15, 0.2) is 54.4 Å². The van der Waals surface area contributed by atoms with Gasteiger partial charge in [-0.1, -0.05) is 24.3 Å². The highest BCUT2D eigenvalue weighted by atomic mass is 32.1. The summed E-state index contributed by atoms with van der Waals surface area (Å²) in [5.74, 6) is 0.689. The van der Waals surface area contributed by atoms with Crippen LogP contribution in [0.1, 0.15) is 10.4 Å². The van der Waals surface area contributed by atoms with Crippen molar-refractivity contribution in [1.29, 1.82) is 0 Å². The molecule has 4 heteroatoms. The Morgan fingerprint density at radius 2 is 2.10 bits per heavy atom. The van der Waals surface area contributed by atoms with Crippen molar-refractivity contribution in [3.8, 4) is 5.75 Å². The molecule has 2 aromatic rings. The average Bonchev–Trinajstić information content (AvgIpc) is 3.05. The molecule has 0 atom stereocenters. The van der Waals surface area contributed by atoms with E-state index >= 15 is 0 Å². The van der Waals surface area contributed by atoms with Crippen molar-refractivity contribution in [2.75, 3.05) is 13.7 Å². The van der Waals surface area contributed by atoms with E-state index in [0.717, 1.165) is 16.2 Å². The number of methoxy groups -OCH3 is 1. The Hall–Kier alpha value is -2.33. The van der Waals surface area contributed by atoms with E-state index in [9.17, 15) is 4.79 Å². The Kier molecular flexibility index (Phi) is 5.35. The topological polar surface area (TPSA) is 38.3 Å². The summed E-state index contributed by atoms with van der Waals surface area (Å²) >= 11 is 1.54. The van der Waals surface area contributed by atoms with Gasteiger partial charge in [0.2, 0.25) is 0 Å². The van der Waals surface area contributed by atoms with Crippen molar-refractivity contribution in [3.63, 3.8) is 0 Å². The molecular weight excluding hydrogens is 282 g/mol. The third-order valence-corrected chi connectivity index (χ3v) is 3.77. The minimum Gasteiger partial charge on any atom is -0.497 e. The lowest BCUT2D eigenvalue weighted by Gasteiger charge is -2.06. The van der Waals surface area contributed by atoms with Gasteiger partial charge in [0.1, 0.15) is 5.75 Å². The monoisotopic (exact) mass is 299 g/mol. The lowest BCUT2D eigenvalue weighted by molar-refractivity contribution is -0.115. The molecule has 0 spiro atoms. The van der Waals surface area contributed by atoms with Gasteiger partial charge in [0.15, 0.2) is 0 Å². The van der Waals surface area contributed by atoms with Gasteiger partial charge < -0.3 is 10.1 Å². The molecule has 0 fully saturated rings. The van der Waals surface area contributed by atoms with E-state index in [1.165, 1.54) is 0 Å². The molecule has 0 aliphatic heterocycles. The first-order chi connectivity index (χ1) is 10.2. The maximum atomic E-state index is 12.3. The Morgan fingerprint density at radius 1 is 1.33 bits per heavy atom. The lowest BCUT2D eigenvalue weighted by Crippen LogP contribution is -2.23. The summed E-state index contributed by atoms with van der Waals surface area (Å²) in [6, 6.07) is 11.5. The van der Waals surface area contributed by atoms with Crippen molar-refractivity contribution in [1.82, 2.24) is 5.32 Å². The van der Waals surface area contributed by atoms with E-state index in [1.807, 2.05) is 47.9 Å². The zero-order chi connectivity index (χ0) is 15.1. The summed E-state index contributed by atoms with van der Waals surface area (Å²) in [7, 11) is 1.63. The molecule has 1 N–H and O–H groups in total. The van der Waals surface area contributed by atoms with Crippen LogP contribution in [0.2, 0.25) is 0 Å². The van der Waals surface area contributed by atoms with Crippen LogP contribution in [0, 0.1) is 0 Å². The van der Waals surface area contributed by atoms with Gasteiger partial charge in [-0.25, -0.2) is 0 Å². The van der Waals surface area contributed by atoms with Gasteiger partial charge in [-0.05, 0) is 35.2 Å². The minimum absolute atomic E-state index is 0.104. The summed E-state index contributed by atoms with van der Waals surface area (Å²) in [5, 5.41) is 4.78. The smallest absolute Gasteiger partial charge is 0.252 e. The van der Waals surface area contributed by atoms with Crippen molar-refractivity contribution in [2.24, 2.45) is 0 Å². The van der Waals surface area contributed by atoms with Gasteiger partial charge >= 0.3 is 0 Å². The van der Waals surface area contributed by atoms with Crippen LogP contribution in [-0.2, 0) is 4.79 Å². The molecule has 1 aromatic carbocycles. The maximum Gasteiger partial charge on any atom is 0.252 e. The largest absolute Gasteiger partial charge is 0.497 e. The molecule has 0 aliphatic rings. The van der Waals surface area contributed by atoms with Crippen LogP contribution in [0.5, 0.6) is 5.75 Å². The van der Waals surface area contributed by atoms with E-state index < -0.39 is 0 Å².